The van der Waals surface area contributed by atoms with E-state index in [-0.39, 0.29) is 11.5 Å². The van der Waals surface area contributed by atoms with Crippen molar-refractivity contribution in [2.75, 3.05) is 0 Å². The van der Waals surface area contributed by atoms with Gasteiger partial charge in [-0.2, -0.15) is 0 Å². The van der Waals surface area contributed by atoms with Crippen LogP contribution in [0.2, 0.25) is 5.02 Å². The highest BCUT2D eigenvalue weighted by atomic mass is 35.5. The third kappa shape index (κ3) is 4.16. The van der Waals surface area contributed by atoms with Crippen LogP contribution in [-0.2, 0) is 6.42 Å². The van der Waals surface area contributed by atoms with E-state index in [4.69, 9.17) is 27.9 Å². The highest BCUT2D eigenvalue weighted by Gasteiger charge is 2.11. The molecular formula is C17H18Cl2O. The van der Waals surface area contributed by atoms with Crippen LogP contribution in [0.15, 0.2) is 48.5 Å². The molecule has 0 N–H and O–H groups in total. The van der Waals surface area contributed by atoms with Gasteiger partial charge in [0, 0.05) is 5.02 Å². The Morgan fingerprint density at radius 1 is 1.00 bits per heavy atom. The molecule has 2 aromatic rings. The third-order valence-corrected chi connectivity index (χ3v) is 3.75. The molecule has 0 amide bonds. The van der Waals surface area contributed by atoms with Crippen molar-refractivity contribution in [1.29, 1.82) is 0 Å². The molecular weight excluding hydrogens is 291 g/mol. The van der Waals surface area contributed by atoms with E-state index in [1.54, 1.807) is 0 Å². The van der Waals surface area contributed by atoms with Crippen LogP contribution in [0.4, 0.5) is 0 Å². The Balaban J connectivity index is 2.06. The quantitative estimate of drug-likeness (QED) is 0.648. The fourth-order valence-electron chi connectivity index (χ4n) is 2.00. The number of hydrogen-bond acceptors (Lipinski definition) is 1. The maximum atomic E-state index is 6.47. The van der Waals surface area contributed by atoms with Gasteiger partial charge in [-0.25, -0.2) is 0 Å². The van der Waals surface area contributed by atoms with Gasteiger partial charge in [0.1, 0.15) is 5.75 Å². The first-order valence-electron chi connectivity index (χ1n) is 6.70. The molecule has 0 radical (unpaired) electrons. The molecule has 0 aliphatic rings. The first-order chi connectivity index (χ1) is 9.56. The van der Waals surface area contributed by atoms with Crippen LogP contribution in [0.5, 0.6) is 5.75 Å². The van der Waals surface area contributed by atoms with E-state index in [9.17, 15) is 0 Å². The minimum Gasteiger partial charge on any atom is -0.491 e. The van der Waals surface area contributed by atoms with Gasteiger partial charge in [-0.15, -0.1) is 11.6 Å². The second-order valence-electron chi connectivity index (χ2n) is 5.00. The number of hydrogen-bond donors (Lipinski definition) is 0. The molecule has 0 saturated heterocycles. The van der Waals surface area contributed by atoms with E-state index < -0.39 is 0 Å². The van der Waals surface area contributed by atoms with Gasteiger partial charge in [0.25, 0.3) is 0 Å². The van der Waals surface area contributed by atoms with Gasteiger partial charge in [-0.05, 0) is 49.6 Å². The molecule has 0 aromatic heterocycles. The molecule has 106 valence electrons. The minimum atomic E-state index is -0.0944. The fraction of sp³-hybridized carbons (Fsp3) is 0.294. The van der Waals surface area contributed by atoms with Crippen molar-refractivity contribution in [2.24, 2.45) is 0 Å². The Morgan fingerprint density at radius 3 is 2.25 bits per heavy atom. The molecule has 0 spiro atoms. The number of benzene rings is 2. The van der Waals surface area contributed by atoms with Crippen LogP contribution in [0.1, 0.15) is 30.4 Å². The Hall–Kier alpha value is -1.18. The summed E-state index contributed by atoms with van der Waals surface area (Å²) in [5, 5.41) is 0.668. The molecule has 0 heterocycles. The van der Waals surface area contributed by atoms with Crippen LogP contribution in [0, 0.1) is 0 Å². The average molecular weight is 309 g/mol. The molecule has 2 rings (SSSR count). The molecule has 2 aromatic carbocycles. The maximum absolute atomic E-state index is 6.47. The maximum Gasteiger partial charge on any atom is 0.119 e. The number of halogens is 2. The van der Waals surface area contributed by atoms with Gasteiger partial charge in [0.15, 0.2) is 0 Å². The number of rotatable bonds is 5. The lowest BCUT2D eigenvalue weighted by Gasteiger charge is -2.13. The van der Waals surface area contributed by atoms with E-state index in [1.807, 2.05) is 62.4 Å². The lowest BCUT2D eigenvalue weighted by molar-refractivity contribution is 0.242. The highest BCUT2D eigenvalue weighted by Crippen LogP contribution is 2.29. The minimum absolute atomic E-state index is 0.0944. The van der Waals surface area contributed by atoms with Crippen LogP contribution in [-0.4, -0.2) is 6.10 Å². The Bertz CT molecular complexity index is 549. The Morgan fingerprint density at radius 2 is 1.65 bits per heavy atom. The molecule has 0 aliphatic heterocycles. The highest BCUT2D eigenvalue weighted by molar-refractivity contribution is 6.31. The molecule has 1 nitrogen and oxygen atoms in total. The standard InChI is InChI=1S/C17H18Cl2O/c1-12(2)20-15-9-7-13(8-10-15)17(19)11-14-5-3-4-6-16(14)18/h3-10,12,17H,11H2,1-2H3. The molecule has 0 fully saturated rings. The summed E-state index contributed by atoms with van der Waals surface area (Å²) in [5.41, 5.74) is 2.14. The predicted molar refractivity (Wildman–Crippen MR) is 86.0 cm³/mol. The molecule has 0 aliphatic carbocycles. The van der Waals surface area contributed by atoms with Crippen molar-refractivity contribution in [3.8, 4) is 5.75 Å². The van der Waals surface area contributed by atoms with E-state index in [1.165, 1.54) is 0 Å². The van der Waals surface area contributed by atoms with Crippen molar-refractivity contribution in [3.05, 3.63) is 64.7 Å². The fourth-order valence-corrected chi connectivity index (χ4v) is 2.53. The summed E-state index contributed by atoms with van der Waals surface area (Å²) in [6, 6.07) is 15.7. The van der Waals surface area contributed by atoms with Crippen molar-refractivity contribution in [1.82, 2.24) is 0 Å². The van der Waals surface area contributed by atoms with Crippen molar-refractivity contribution >= 4 is 23.2 Å². The zero-order chi connectivity index (χ0) is 14.5. The lowest BCUT2D eigenvalue weighted by atomic mass is 10.0. The van der Waals surface area contributed by atoms with E-state index in [0.717, 1.165) is 21.9 Å². The normalized spacial score (nSPS) is 12.4. The largest absolute Gasteiger partial charge is 0.491 e. The monoisotopic (exact) mass is 308 g/mol. The van der Waals surface area contributed by atoms with Crippen LogP contribution in [0.25, 0.3) is 0 Å². The van der Waals surface area contributed by atoms with Crippen LogP contribution < -0.4 is 4.74 Å². The summed E-state index contributed by atoms with van der Waals surface area (Å²) < 4.78 is 5.62. The van der Waals surface area contributed by atoms with Gasteiger partial charge in [0.05, 0.1) is 11.5 Å². The van der Waals surface area contributed by atoms with Gasteiger partial charge in [0.2, 0.25) is 0 Å². The molecule has 1 atom stereocenters. The second kappa shape index (κ2) is 7.01. The first kappa shape index (κ1) is 15.2. The van der Waals surface area contributed by atoms with Crippen molar-refractivity contribution in [3.63, 3.8) is 0 Å². The molecule has 1 unspecified atom stereocenters. The average Bonchev–Trinajstić information content (AvgIpc) is 2.41. The lowest BCUT2D eigenvalue weighted by Crippen LogP contribution is -2.05. The zero-order valence-electron chi connectivity index (χ0n) is 11.6. The third-order valence-electron chi connectivity index (χ3n) is 2.97. The van der Waals surface area contributed by atoms with Gasteiger partial charge in [-0.1, -0.05) is 41.9 Å². The molecule has 0 bridgehead atoms. The summed E-state index contributed by atoms with van der Waals surface area (Å²) in [7, 11) is 0. The van der Waals surface area contributed by atoms with E-state index in [0.29, 0.717) is 6.42 Å². The summed E-state index contributed by atoms with van der Waals surface area (Å²) in [4.78, 5) is 0. The van der Waals surface area contributed by atoms with E-state index in [2.05, 4.69) is 0 Å². The molecule has 20 heavy (non-hydrogen) atoms. The van der Waals surface area contributed by atoms with Crippen molar-refractivity contribution in [2.45, 2.75) is 31.7 Å². The Labute approximate surface area is 130 Å². The topological polar surface area (TPSA) is 9.23 Å². The first-order valence-corrected chi connectivity index (χ1v) is 7.52. The summed E-state index contributed by atoms with van der Waals surface area (Å²) in [6.45, 7) is 4.02. The summed E-state index contributed by atoms with van der Waals surface area (Å²) in [6.07, 6.45) is 0.891. The summed E-state index contributed by atoms with van der Waals surface area (Å²) >= 11 is 12.6. The molecule has 3 heteroatoms. The SMILES string of the molecule is CC(C)Oc1ccc(C(Cl)Cc2ccccc2Cl)cc1. The molecule has 0 saturated carbocycles. The van der Waals surface area contributed by atoms with Crippen LogP contribution >= 0.6 is 23.2 Å². The van der Waals surface area contributed by atoms with Gasteiger partial charge < -0.3 is 4.74 Å². The van der Waals surface area contributed by atoms with Gasteiger partial charge in [-0.3, -0.25) is 0 Å². The van der Waals surface area contributed by atoms with Gasteiger partial charge >= 0.3 is 0 Å². The summed E-state index contributed by atoms with van der Waals surface area (Å²) in [5.74, 6) is 0.866. The smallest absolute Gasteiger partial charge is 0.119 e. The predicted octanol–water partition coefficient (Wildman–Crippen LogP) is 5.65. The zero-order valence-corrected chi connectivity index (χ0v) is 13.2. The second-order valence-corrected chi connectivity index (χ2v) is 5.93. The number of alkyl halides is 1. The van der Waals surface area contributed by atoms with Crippen molar-refractivity contribution < 1.29 is 4.74 Å². The van der Waals surface area contributed by atoms with E-state index >= 15 is 0 Å². The number of ether oxygens (including phenoxy) is 1. The van der Waals surface area contributed by atoms with Crippen LogP contribution in [0.3, 0.4) is 0 Å². The Kier molecular flexibility index (Phi) is 5.33.